The summed E-state index contributed by atoms with van der Waals surface area (Å²) in [5, 5.41) is 9.18. The second-order valence-electron chi connectivity index (χ2n) is 4.61. The summed E-state index contributed by atoms with van der Waals surface area (Å²) in [5.74, 6) is -0.627. The molecule has 0 bridgehead atoms. The zero-order valence-electron chi connectivity index (χ0n) is 11.5. The Morgan fingerprint density at radius 3 is 2.43 bits per heavy atom. The molecule has 0 amide bonds. The van der Waals surface area contributed by atoms with Crippen LogP contribution in [0.2, 0.25) is 0 Å². The quantitative estimate of drug-likeness (QED) is 0.939. The van der Waals surface area contributed by atoms with E-state index < -0.39 is 15.8 Å². The first-order chi connectivity index (χ1) is 9.79. The van der Waals surface area contributed by atoms with Crippen molar-refractivity contribution in [2.75, 3.05) is 6.26 Å². The van der Waals surface area contributed by atoms with Crippen molar-refractivity contribution in [1.29, 1.82) is 0 Å². The molecule has 110 valence electrons. The lowest BCUT2D eigenvalue weighted by Gasteiger charge is -2.12. The minimum Gasteiger partial charge on any atom is -0.478 e. The van der Waals surface area contributed by atoms with Crippen LogP contribution in [0.25, 0.3) is 0 Å². The Bertz CT molecular complexity index is 793. The lowest BCUT2D eigenvalue weighted by Crippen LogP contribution is -2.02. The fourth-order valence-electron chi connectivity index (χ4n) is 1.84. The molecule has 2 aromatic carbocycles. The number of sulfone groups is 1. The summed E-state index contributed by atoms with van der Waals surface area (Å²) < 4.78 is 28.7. The number of carboxylic acid groups (broad SMARTS) is 1. The maximum absolute atomic E-state index is 11.5. The van der Waals surface area contributed by atoms with Gasteiger partial charge in [0.25, 0.3) is 0 Å². The molecule has 0 aliphatic rings. The molecule has 1 N–H and O–H groups in total. The Morgan fingerprint density at radius 2 is 1.81 bits per heavy atom. The summed E-state index contributed by atoms with van der Waals surface area (Å²) in [6, 6.07) is 10.7. The van der Waals surface area contributed by atoms with E-state index in [0.717, 1.165) is 6.26 Å². The fraction of sp³-hybridized carbons (Fsp3) is 0.133. The number of aryl methyl sites for hydroxylation is 1. The van der Waals surface area contributed by atoms with Gasteiger partial charge in [0, 0.05) is 6.26 Å². The van der Waals surface area contributed by atoms with Crippen molar-refractivity contribution in [2.45, 2.75) is 11.8 Å². The second kappa shape index (κ2) is 5.57. The molecule has 0 spiro atoms. The van der Waals surface area contributed by atoms with E-state index >= 15 is 0 Å². The van der Waals surface area contributed by atoms with Gasteiger partial charge < -0.3 is 9.84 Å². The van der Waals surface area contributed by atoms with Crippen LogP contribution < -0.4 is 4.74 Å². The first-order valence-electron chi connectivity index (χ1n) is 6.10. The Balaban J connectivity index is 2.46. The molecule has 0 atom stereocenters. The molecule has 2 rings (SSSR count). The smallest absolute Gasteiger partial charge is 0.339 e. The molecular weight excluding hydrogens is 292 g/mol. The lowest BCUT2D eigenvalue weighted by molar-refractivity contribution is 0.0694. The molecule has 0 unspecified atom stereocenters. The molecule has 2 aromatic rings. The molecule has 0 aliphatic heterocycles. The van der Waals surface area contributed by atoms with Crippen LogP contribution in [0.15, 0.2) is 47.4 Å². The normalized spacial score (nSPS) is 11.1. The van der Waals surface area contributed by atoms with Crippen LogP contribution in [0.5, 0.6) is 11.5 Å². The third-order valence-corrected chi connectivity index (χ3v) is 4.01. The van der Waals surface area contributed by atoms with E-state index in [2.05, 4.69) is 0 Å². The molecule has 0 heterocycles. The molecule has 0 saturated carbocycles. The van der Waals surface area contributed by atoms with Crippen molar-refractivity contribution in [3.8, 4) is 11.5 Å². The third-order valence-electron chi connectivity index (χ3n) is 2.90. The molecule has 21 heavy (non-hydrogen) atoms. The summed E-state index contributed by atoms with van der Waals surface area (Å²) in [4.78, 5) is 11.3. The number of carbonyl (C=O) groups is 1. The standard InChI is InChI=1S/C15H14O5S/c1-10-5-3-8-13(15(16)17)14(10)20-11-6-4-7-12(9-11)21(2,18)19/h3-9H,1-2H3,(H,16,17). The molecule has 0 radical (unpaired) electrons. The van der Waals surface area contributed by atoms with Gasteiger partial charge in [-0.2, -0.15) is 0 Å². The van der Waals surface area contributed by atoms with Crippen molar-refractivity contribution < 1.29 is 23.1 Å². The van der Waals surface area contributed by atoms with E-state index in [-0.39, 0.29) is 22.0 Å². The zero-order chi connectivity index (χ0) is 15.6. The number of carboxylic acids is 1. The van der Waals surface area contributed by atoms with Crippen molar-refractivity contribution in [1.82, 2.24) is 0 Å². The second-order valence-corrected chi connectivity index (χ2v) is 6.62. The van der Waals surface area contributed by atoms with E-state index in [1.165, 1.54) is 18.2 Å². The molecule has 0 aromatic heterocycles. The average molecular weight is 306 g/mol. The first kappa shape index (κ1) is 15.1. The highest BCUT2D eigenvalue weighted by Gasteiger charge is 2.15. The monoisotopic (exact) mass is 306 g/mol. The zero-order valence-corrected chi connectivity index (χ0v) is 12.3. The minimum absolute atomic E-state index is 0.0276. The van der Waals surface area contributed by atoms with Crippen molar-refractivity contribution in [2.24, 2.45) is 0 Å². The summed E-state index contributed by atoms with van der Waals surface area (Å²) in [5.41, 5.74) is 0.680. The first-order valence-corrected chi connectivity index (χ1v) is 7.99. The Morgan fingerprint density at radius 1 is 1.14 bits per heavy atom. The predicted octanol–water partition coefficient (Wildman–Crippen LogP) is 2.89. The van der Waals surface area contributed by atoms with E-state index in [9.17, 15) is 18.3 Å². The third kappa shape index (κ3) is 3.41. The van der Waals surface area contributed by atoms with Gasteiger partial charge in [0.15, 0.2) is 9.84 Å². The van der Waals surface area contributed by atoms with Gasteiger partial charge in [0.05, 0.1) is 4.90 Å². The van der Waals surface area contributed by atoms with Crippen LogP contribution in [0.3, 0.4) is 0 Å². The minimum atomic E-state index is -3.35. The van der Waals surface area contributed by atoms with Crippen LogP contribution in [0.4, 0.5) is 0 Å². The highest BCUT2D eigenvalue weighted by atomic mass is 32.2. The summed E-state index contributed by atoms with van der Waals surface area (Å²) in [6.07, 6.45) is 1.10. The number of para-hydroxylation sites is 1. The van der Waals surface area contributed by atoms with Crippen molar-refractivity contribution >= 4 is 15.8 Å². The Hall–Kier alpha value is -2.34. The Kier molecular flexibility index (Phi) is 3.99. The van der Waals surface area contributed by atoms with Crippen LogP contribution in [-0.4, -0.2) is 25.7 Å². The van der Waals surface area contributed by atoms with Crippen LogP contribution in [0.1, 0.15) is 15.9 Å². The number of aromatic carboxylic acids is 1. The maximum Gasteiger partial charge on any atom is 0.339 e. The van der Waals surface area contributed by atoms with E-state index in [4.69, 9.17) is 4.74 Å². The van der Waals surface area contributed by atoms with Gasteiger partial charge in [0.2, 0.25) is 0 Å². The Labute approximate surface area is 122 Å². The van der Waals surface area contributed by atoms with Crippen molar-refractivity contribution in [3.63, 3.8) is 0 Å². The SMILES string of the molecule is Cc1cccc(C(=O)O)c1Oc1cccc(S(C)(=O)=O)c1. The van der Waals surface area contributed by atoms with E-state index in [1.54, 1.807) is 31.2 Å². The van der Waals surface area contributed by atoms with Gasteiger partial charge in [0.1, 0.15) is 17.1 Å². The number of hydrogen-bond acceptors (Lipinski definition) is 4. The van der Waals surface area contributed by atoms with Crippen molar-refractivity contribution in [3.05, 3.63) is 53.6 Å². The molecular formula is C15H14O5S. The number of ether oxygens (including phenoxy) is 1. The molecule has 0 saturated heterocycles. The van der Waals surface area contributed by atoms with Gasteiger partial charge in [-0.15, -0.1) is 0 Å². The number of benzene rings is 2. The lowest BCUT2D eigenvalue weighted by atomic mass is 10.1. The molecule has 0 aliphatic carbocycles. The highest BCUT2D eigenvalue weighted by Crippen LogP contribution is 2.30. The summed E-state index contributed by atoms with van der Waals surface area (Å²) in [7, 11) is -3.35. The summed E-state index contributed by atoms with van der Waals surface area (Å²) >= 11 is 0. The van der Waals surface area contributed by atoms with Gasteiger partial charge in [-0.3, -0.25) is 0 Å². The topological polar surface area (TPSA) is 80.7 Å². The van der Waals surface area contributed by atoms with Gasteiger partial charge in [-0.25, -0.2) is 13.2 Å². The maximum atomic E-state index is 11.5. The molecule has 0 fully saturated rings. The molecule has 6 heteroatoms. The van der Waals surface area contributed by atoms with Gasteiger partial charge in [-0.05, 0) is 36.8 Å². The van der Waals surface area contributed by atoms with E-state index in [1.807, 2.05) is 0 Å². The molecule has 5 nitrogen and oxygen atoms in total. The van der Waals surface area contributed by atoms with Gasteiger partial charge in [-0.1, -0.05) is 18.2 Å². The van der Waals surface area contributed by atoms with E-state index in [0.29, 0.717) is 5.56 Å². The average Bonchev–Trinajstić information content (AvgIpc) is 2.40. The van der Waals surface area contributed by atoms with Crippen LogP contribution in [-0.2, 0) is 9.84 Å². The van der Waals surface area contributed by atoms with Gasteiger partial charge >= 0.3 is 5.97 Å². The highest BCUT2D eigenvalue weighted by molar-refractivity contribution is 7.90. The predicted molar refractivity (Wildman–Crippen MR) is 77.8 cm³/mol. The van der Waals surface area contributed by atoms with Crippen LogP contribution >= 0.6 is 0 Å². The summed E-state index contributed by atoms with van der Waals surface area (Å²) in [6.45, 7) is 1.72. The largest absolute Gasteiger partial charge is 0.478 e. The fourth-order valence-corrected chi connectivity index (χ4v) is 2.50. The number of hydrogen-bond donors (Lipinski definition) is 1. The number of rotatable bonds is 4. The van der Waals surface area contributed by atoms with Crippen LogP contribution in [0, 0.1) is 6.92 Å².